The number of amides is 1. The molecule has 2 heterocycles. The summed E-state index contributed by atoms with van der Waals surface area (Å²) in [5.74, 6) is -1.52. The predicted octanol–water partition coefficient (Wildman–Crippen LogP) is 1.44. The van der Waals surface area contributed by atoms with Crippen LogP contribution in [-0.4, -0.2) is 82.0 Å². The van der Waals surface area contributed by atoms with Gasteiger partial charge < -0.3 is 19.1 Å². The molecular formula is C22H30N2O8S. The molecule has 0 atom stereocenters. The number of esters is 2. The van der Waals surface area contributed by atoms with Gasteiger partial charge in [-0.2, -0.15) is 4.31 Å². The quantitative estimate of drug-likeness (QED) is 0.511. The summed E-state index contributed by atoms with van der Waals surface area (Å²) in [6, 6.07) is 4.03. The van der Waals surface area contributed by atoms with Crippen LogP contribution in [-0.2, 0) is 29.1 Å². The Bertz CT molecular complexity index is 980. The maximum Gasteiger partial charge on any atom is 0.338 e. The van der Waals surface area contributed by atoms with Crippen molar-refractivity contribution in [3.8, 4) is 5.75 Å². The van der Waals surface area contributed by atoms with Crippen molar-refractivity contribution in [2.45, 2.75) is 37.5 Å². The normalized spacial score (nSPS) is 17.6. The van der Waals surface area contributed by atoms with E-state index in [0.717, 1.165) is 12.8 Å². The fourth-order valence-corrected chi connectivity index (χ4v) is 5.70. The number of sulfonamides is 1. The van der Waals surface area contributed by atoms with Gasteiger partial charge in [-0.15, -0.1) is 0 Å². The van der Waals surface area contributed by atoms with E-state index in [4.69, 9.17) is 14.2 Å². The molecule has 0 N–H and O–H groups in total. The highest BCUT2D eigenvalue weighted by Crippen LogP contribution is 2.30. The lowest BCUT2D eigenvalue weighted by Crippen LogP contribution is -2.42. The van der Waals surface area contributed by atoms with Crippen molar-refractivity contribution >= 4 is 27.9 Å². The van der Waals surface area contributed by atoms with Gasteiger partial charge in [-0.3, -0.25) is 9.59 Å². The number of benzene rings is 1. The molecule has 0 aliphatic carbocycles. The Labute approximate surface area is 193 Å². The van der Waals surface area contributed by atoms with Gasteiger partial charge in [0.1, 0.15) is 10.6 Å². The van der Waals surface area contributed by atoms with Crippen LogP contribution in [0.1, 0.15) is 43.0 Å². The molecule has 2 fully saturated rings. The Balaban J connectivity index is 1.60. The Kier molecular flexibility index (Phi) is 8.30. The van der Waals surface area contributed by atoms with Gasteiger partial charge in [0.05, 0.1) is 25.2 Å². The number of piperidine rings is 1. The molecular weight excluding hydrogens is 452 g/mol. The summed E-state index contributed by atoms with van der Waals surface area (Å²) in [7, 11) is -2.45. The second-order valence-corrected chi connectivity index (χ2v) is 9.87. The van der Waals surface area contributed by atoms with Gasteiger partial charge in [0.15, 0.2) is 6.61 Å². The second kappa shape index (κ2) is 11.0. The molecule has 10 nitrogen and oxygen atoms in total. The number of likely N-dealkylation sites (tertiary alicyclic amines) is 1. The third-order valence-electron chi connectivity index (χ3n) is 5.88. The molecule has 1 amide bonds. The molecule has 0 unspecified atom stereocenters. The lowest BCUT2D eigenvalue weighted by atomic mass is 9.97. The summed E-state index contributed by atoms with van der Waals surface area (Å²) in [4.78, 5) is 38.3. The molecule has 2 saturated heterocycles. The molecule has 0 aromatic heterocycles. The average molecular weight is 483 g/mol. The van der Waals surface area contributed by atoms with Crippen molar-refractivity contribution in [2.75, 3.05) is 46.5 Å². The summed E-state index contributed by atoms with van der Waals surface area (Å²) < 4.78 is 42.7. The van der Waals surface area contributed by atoms with Gasteiger partial charge in [-0.1, -0.05) is 0 Å². The lowest BCUT2D eigenvalue weighted by molar-refractivity contribution is -0.151. The third kappa shape index (κ3) is 5.83. The largest absolute Gasteiger partial charge is 0.495 e. The van der Waals surface area contributed by atoms with Gasteiger partial charge in [0.2, 0.25) is 10.0 Å². The van der Waals surface area contributed by atoms with Crippen molar-refractivity contribution in [1.29, 1.82) is 0 Å². The number of carbonyl (C=O) groups excluding carboxylic acids is 3. The van der Waals surface area contributed by atoms with Crippen LogP contribution in [0.5, 0.6) is 5.75 Å². The molecule has 33 heavy (non-hydrogen) atoms. The Morgan fingerprint density at radius 1 is 1.03 bits per heavy atom. The number of ether oxygens (including phenoxy) is 3. The highest BCUT2D eigenvalue weighted by Gasteiger charge is 2.31. The monoisotopic (exact) mass is 482 g/mol. The first-order chi connectivity index (χ1) is 15.8. The van der Waals surface area contributed by atoms with Crippen LogP contribution in [0.15, 0.2) is 23.1 Å². The van der Waals surface area contributed by atoms with Gasteiger partial charge >= 0.3 is 11.9 Å². The van der Waals surface area contributed by atoms with E-state index in [-0.39, 0.29) is 34.0 Å². The van der Waals surface area contributed by atoms with Gasteiger partial charge in [-0.25, -0.2) is 13.2 Å². The van der Waals surface area contributed by atoms with Crippen LogP contribution in [0, 0.1) is 5.92 Å². The fourth-order valence-electron chi connectivity index (χ4n) is 4.00. The van der Waals surface area contributed by atoms with Crippen LogP contribution in [0.25, 0.3) is 0 Å². The SMILES string of the molecule is CCOC(=O)C1CCN(C(=O)COC(=O)c2ccc(OC)c(S(=O)(=O)N3CCCC3)c2)CC1. The third-order valence-corrected chi connectivity index (χ3v) is 7.80. The van der Waals surface area contributed by atoms with Crippen LogP contribution >= 0.6 is 0 Å². The first-order valence-corrected chi connectivity index (χ1v) is 12.5. The van der Waals surface area contributed by atoms with Crippen LogP contribution < -0.4 is 4.74 Å². The van der Waals surface area contributed by atoms with Gasteiger partial charge in [0, 0.05) is 26.2 Å². The molecule has 182 valence electrons. The molecule has 0 spiro atoms. The van der Waals surface area contributed by atoms with E-state index in [2.05, 4.69) is 0 Å². The number of methoxy groups -OCH3 is 1. The Morgan fingerprint density at radius 3 is 2.30 bits per heavy atom. The molecule has 1 aromatic carbocycles. The second-order valence-electron chi connectivity index (χ2n) is 7.96. The van der Waals surface area contributed by atoms with Crippen molar-refractivity contribution in [3.05, 3.63) is 23.8 Å². The summed E-state index contributed by atoms with van der Waals surface area (Å²) in [6.45, 7) is 3.19. The molecule has 2 aliphatic heterocycles. The van der Waals surface area contributed by atoms with Gasteiger partial charge in [0.25, 0.3) is 5.91 Å². The molecule has 0 radical (unpaired) electrons. The molecule has 3 rings (SSSR count). The standard InChI is InChI=1S/C22H30N2O8S/c1-3-31-21(26)16-8-12-23(13-9-16)20(25)15-32-22(27)17-6-7-18(30-2)19(14-17)33(28,29)24-10-4-5-11-24/h6-7,14,16H,3-5,8-13,15H2,1-2H3. The topological polar surface area (TPSA) is 120 Å². The van der Waals surface area contributed by atoms with E-state index in [1.165, 1.54) is 29.6 Å². The molecule has 0 saturated carbocycles. The van der Waals surface area contributed by atoms with Gasteiger partial charge in [-0.05, 0) is 50.8 Å². The maximum atomic E-state index is 13.0. The molecule has 0 bridgehead atoms. The minimum Gasteiger partial charge on any atom is -0.495 e. The summed E-state index contributed by atoms with van der Waals surface area (Å²) >= 11 is 0. The zero-order valence-corrected chi connectivity index (χ0v) is 19.8. The van der Waals surface area contributed by atoms with E-state index in [1.807, 2.05) is 0 Å². The summed E-state index contributed by atoms with van der Waals surface area (Å²) in [5, 5.41) is 0. The summed E-state index contributed by atoms with van der Waals surface area (Å²) in [5.41, 5.74) is 0.0161. The molecule has 1 aromatic rings. The van der Waals surface area contributed by atoms with Crippen LogP contribution in [0.2, 0.25) is 0 Å². The minimum absolute atomic E-state index is 0.0161. The van der Waals surface area contributed by atoms with E-state index in [1.54, 1.807) is 11.8 Å². The first-order valence-electron chi connectivity index (χ1n) is 11.1. The number of hydrogen-bond acceptors (Lipinski definition) is 8. The number of hydrogen-bond donors (Lipinski definition) is 0. The zero-order valence-electron chi connectivity index (χ0n) is 18.9. The zero-order chi connectivity index (χ0) is 24.0. The highest BCUT2D eigenvalue weighted by molar-refractivity contribution is 7.89. The Morgan fingerprint density at radius 2 is 1.70 bits per heavy atom. The Hall–Kier alpha value is -2.66. The molecule has 11 heteroatoms. The average Bonchev–Trinajstić information content (AvgIpc) is 3.38. The number of carbonyl (C=O) groups is 3. The highest BCUT2D eigenvalue weighted by atomic mass is 32.2. The van der Waals surface area contributed by atoms with Crippen LogP contribution in [0.3, 0.4) is 0 Å². The van der Waals surface area contributed by atoms with E-state index >= 15 is 0 Å². The fraction of sp³-hybridized carbons (Fsp3) is 0.591. The van der Waals surface area contributed by atoms with Crippen LogP contribution in [0.4, 0.5) is 0 Å². The summed E-state index contributed by atoms with van der Waals surface area (Å²) in [6.07, 6.45) is 2.55. The van der Waals surface area contributed by atoms with Crippen molar-refractivity contribution in [1.82, 2.24) is 9.21 Å². The number of nitrogens with zero attached hydrogens (tertiary/aromatic N) is 2. The van der Waals surface area contributed by atoms with Crippen molar-refractivity contribution < 1.29 is 37.0 Å². The lowest BCUT2D eigenvalue weighted by Gasteiger charge is -2.30. The van der Waals surface area contributed by atoms with Crippen molar-refractivity contribution in [2.24, 2.45) is 5.92 Å². The van der Waals surface area contributed by atoms with E-state index in [0.29, 0.717) is 45.6 Å². The maximum absolute atomic E-state index is 13.0. The van der Waals surface area contributed by atoms with E-state index < -0.39 is 22.6 Å². The number of rotatable bonds is 8. The van der Waals surface area contributed by atoms with Crippen molar-refractivity contribution in [3.63, 3.8) is 0 Å². The van der Waals surface area contributed by atoms with E-state index in [9.17, 15) is 22.8 Å². The predicted molar refractivity (Wildman–Crippen MR) is 117 cm³/mol. The first kappa shape index (κ1) is 25.0. The molecule has 2 aliphatic rings. The smallest absolute Gasteiger partial charge is 0.338 e. The minimum atomic E-state index is -3.81.